The van der Waals surface area contributed by atoms with E-state index in [-0.39, 0.29) is 5.91 Å². The number of carbonyl (C=O) groups excluding carboxylic acids is 1. The molecule has 0 spiro atoms. The number of nitrogens with zero attached hydrogens (tertiary/aromatic N) is 2. The number of aryl methyl sites for hydroxylation is 1. The number of hydrogen-bond acceptors (Lipinski definition) is 2. The van der Waals surface area contributed by atoms with Crippen LogP contribution in [0, 0.1) is 10.5 Å². The van der Waals surface area contributed by atoms with Crippen LogP contribution in [0.5, 0.6) is 0 Å². The first kappa shape index (κ1) is 17.4. The van der Waals surface area contributed by atoms with E-state index < -0.39 is 0 Å². The molecule has 0 N–H and O–H groups in total. The van der Waals surface area contributed by atoms with Gasteiger partial charge in [0.05, 0.1) is 5.56 Å². The third-order valence-corrected chi connectivity index (χ3v) is 5.58. The zero-order valence-corrected chi connectivity index (χ0v) is 16.2. The highest BCUT2D eigenvalue weighted by Gasteiger charge is 2.21. The first-order chi connectivity index (χ1) is 11.6. The van der Waals surface area contributed by atoms with Crippen molar-refractivity contribution in [3.8, 4) is 0 Å². The fraction of sp³-hybridized carbons (Fsp3) is 0.350. The number of rotatable bonds is 3. The molecule has 1 heterocycles. The van der Waals surface area contributed by atoms with E-state index in [1.165, 1.54) is 11.1 Å². The van der Waals surface area contributed by atoms with E-state index in [0.29, 0.717) is 0 Å². The lowest BCUT2D eigenvalue weighted by atomic mass is 10.1. The van der Waals surface area contributed by atoms with Crippen molar-refractivity contribution in [3.63, 3.8) is 0 Å². The maximum absolute atomic E-state index is 12.8. The fourth-order valence-corrected chi connectivity index (χ4v) is 3.78. The van der Waals surface area contributed by atoms with Gasteiger partial charge in [0.2, 0.25) is 0 Å². The van der Waals surface area contributed by atoms with Crippen molar-refractivity contribution in [2.75, 3.05) is 26.2 Å². The largest absolute Gasteiger partial charge is 0.337 e. The van der Waals surface area contributed by atoms with E-state index in [4.69, 9.17) is 0 Å². The Kier molecular flexibility index (Phi) is 5.89. The molecule has 3 nitrogen and oxygen atoms in total. The molecule has 1 aliphatic rings. The Hall–Kier alpha value is -1.40. The quantitative estimate of drug-likeness (QED) is 0.684. The van der Waals surface area contributed by atoms with Gasteiger partial charge in [-0.15, -0.1) is 0 Å². The summed E-state index contributed by atoms with van der Waals surface area (Å²) >= 11 is 2.25. The normalized spacial score (nSPS) is 16.0. The van der Waals surface area contributed by atoms with Gasteiger partial charge in [-0.2, -0.15) is 0 Å². The smallest absolute Gasteiger partial charge is 0.254 e. The summed E-state index contributed by atoms with van der Waals surface area (Å²) in [5.41, 5.74) is 3.55. The molecule has 126 valence electrons. The van der Waals surface area contributed by atoms with Crippen LogP contribution in [0.25, 0.3) is 0 Å². The molecule has 0 radical (unpaired) electrons. The standard InChI is InChI=1S/C20H23IN2O/c1-16-7-2-3-8-17(16)15-22-11-6-12-23(14-13-22)20(24)18-9-4-5-10-19(18)21/h2-5,7-10H,6,11-15H2,1H3. The molecule has 0 atom stereocenters. The Balaban J connectivity index is 1.64. The van der Waals surface area contributed by atoms with Crippen LogP contribution >= 0.6 is 22.6 Å². The van der Waals surface area contributed by atoms with Crippen molar-refractivity contribution in [2.24, 2.45) is 0 Å². The maximum Gasteiger partial charge on any atom is 0.254 e. The van der Waals surface area contributed by atoms with Gasteiger partial charge in [0.25, 0.3) is 5.91 Å². The van der Waals surface area contributed by atoms with Gasteiger partial charge in [-0.25, -0.2) is 0 Å². The van der Waals surface area contributed by atoms with E-state index in [9.17, 15) is 4.79 Å². The SMILES string of the molecule is Cc1ccccc1CN1CCCN(C(=O)c2ccccc2I)CC1. The zero-order valence-electron chi connectivity index (χ0n) is 14.0. The van der Waals surface area contributed by atoms with Crippen LogP contribution in [0.2, 0.25) is 0 Å². The second-order valence-electron chi connectivity index (χ2n) is 6.33. The number of carbonyl (C=O) groups is 1. The first-order valence-electron chi connectivity index (χ1n) is 8.46. The summed E-state index contributed by atoms with van der Waals surface area (Å²) in [5.74, 6) is 0.165. The van der Waals surface area contributed by atoms with E-state index in [1.807, 2.05) is 29.2 Å². The molecule has 1 aliphatic heterocycles. The Labute approximate surface area is 157 Å². The van der Waals surface area contributed by atoms with Crippen molar-refractivity contribution in [2.45, 2.75) is 19.9 Å². The lowest BCUT2D eigenvalue weighted by molar-refractivity contribution is 0.0760. The molecule has 2 aromatic carbocycles. The Morgan fingerprint density at radius 1 is 1.00 bits per heavy atom. The summed E-state index contributed by atoms with van der Waals surface area (Å²) in [5, 5.41) is 0. The van der Waals surface area contributed by atoms with Crippen molar-refractivity contribution >= 4 is 28.5 Å². The maximum atomic E-state index is 12.8. The van der Waals surface area contributed by atoms with Crippen LogP contribution in [0.3, 0.4) is 0 Å². The molecule has 4 heteroatoms. The average Bonchev–Trinajstić information content (AvgIpc) is 2.82. The van der Waals surface area contributed by atoms with Crippen LogP contribution in [-0.4, -0.2) is 41.9 Å². The lowest BCUT2D eigenvalue weighted by Gasteiger charge is -2.23. The molecule has 0 aromatic heterocycles. The lowest BCUT2D eigenvalue weighted by Crippen LogP contribution is -2.35. The molecule has 3 rings (SSSR count). The molecule has 0 saturated carbocycles. The van der Waals surface area contributed by atoms with Gasteiger partial charge in [0, 0.05) is 36.3 Å². The average molecular weight is 434 g/mol. The second kappa shape index (κ2) is 8.12. The van der Waals surface area contributed by atoms with Crippen molar-refractivity contribution < 1.29 is 4.79 Å². The number of hydrogen-bond donors (Lipinski definition) is 0. The minimum Gasteiger partial charge on any atom is -0.337 e. The molecule has 2 aromatic rings. The third-order valence-electron chi connectivity index (χ3n) is 4.64. The Morgan fingerprint density at radius 3 is 2.54 bits per heavy atom. The van der Waals surface area contributed by atoms with Gasteiger partial charge in [-0.05, 0) is 59.2 Å². The topological polar surface area (TPSA) is 23.6 Å². The molecular formula is C20H23IN2O. The fourth-order valence-electron chi connectivity index (χ4n) is 3.17. The van der Waals surface area contributed by atoms with Gasteiger partial charge in [0.15, 0.2) is 0 Å². The highest BCUT2D eigenvalue weighted by Crippen LogP contribution is 2.17. The van der Waals surface area contributed by atoms with Crippen molar-refractivity contribution in [3.05, 3.63) is 68.8 Å². The predicted molar refractivity (Wildman–Crippen MR) is 106 cm³/mol. The first-order valence-corrected chi connectivity index (χ1v) is 9.53. The van der Waals surface area contributed by atoms with Gasteiger partial charge in [-0.3, -0.25) is 9.69 Å². The summed E-state index contributed by atoms with van der Waals surface area (Å²) < 4.78 is 1.03. The number of amides is 1. The summed E-state index contributed by atoms with van der Waals surface area (Å²) in [6.45, 7) is 6.76. The van der Waals surface area contributed by atoms with E-state index in [0.717, 1.165) is 48.3 Å². The summed E-state index contributed by atoms with van der Waals surface area (Å²) in [6, 6.07) is 16.4. The van der Waals surface area contributed by atoms with Crippen LogP contribution in [-0.2, 0) is 6.54 Å². The highest BCUT2D eigenvalue weighted by atomic mass is 127. The molecule has 0 bridgehead atoms. The van der Waals surface area contributed by atoms with Crippen LogP contribution in [0.1, 0.15) is 27.9 Å². The Bertz CT molecular complexity index is 716. The summed E-state index contributed by atoms with van der Waals surface area (Å²) in [4.78, 5) is 17.3. The molecule has 1 fully saturated rings. The minimum absolute atomic E-state index is 0.165. The van der Waals surface area contributed by atoms with Crippen LogP contribution in [0.15, 0.2) is 48.5 Å². The van der Waals surface area contributed by atoms with E-state index in [2.05, 4.69) is 58.7 Å². The van der Waals surface area contributed by atoms with E-state index >= 15 is 0 Å². The monoisotopic (exact) mass is 434 g/mol. The number of benzene rings is 2. The minimum atomic E-state index is 0.165. The molecule has 1 saturated heterocycles. The van der Waals surface area contributed by atoms with Gasteiger partial charge in [-0.1, -0.05) is 36.4 Å². The zero-order chi connectivity index (χ0) is 16.9. The highest BCUT2D eigenvalue weighted by molar-refractivity contribution is 14.1. The van der Waals surface area contributed by atoms with Crippen molar-refractivity contribution in [1.29, 1.82) is 0 Å². The van der Waals surface area contributed by atoms with E-state index in [1.54, 1.807) is 0 Å². The predicted octanol–water partition coefficient (Wildman–Crippen LogP) is 3.95. The third kappa shape index (κ3) is 4.16. The molecule has 1 amide bonds. The van der Waals surface area contributed by atoms with Crippen LogP contribution < -0.4 is 0 Å². The molecule has 0 aliphatic carbocycles. The molecule has 0 unspecified atom stereocenters. The van der Waals surface area contributed by atoms with Crippen molar-refractivity contribution in [1.82, 2.24) is 9.80 Å². The Morgan fingerprint density at radius 2 is 1.75 bits per heavy atom. The van der Waals surface area contributed by atoms with Gasteiger partial charge >= 0.3 is 0 Å². The summed E-state index contributed by atoms with van der Waals surface area (Å²) in [7, 11) is 0. The van der Waals surface area contributed by atoms with Gasteiger partial charge < -0.3 is 4.90 Å². The number of halogens is 1. The van der Waals surface area contributed by atoms with Gasteiger partial charge in [0.1, 0.15) is 0 Å². The second-order valence-corrected chi connectivity index (χ2v) is 7.49. The molecular weight excluding hydrogens is 411 g/mol. The molecule has 24 heavy (non-hydrogen) atoms. The summed E-state index contributed by atoms with van der Waals surface area (Å²) in [6.07, 6.45) is 1.03. The van der Waals surface area contributed by atoms with Crippen LogP contribution in [0.4, 0.5) is 0 Å².